The van der Waals surface area contributed by atoms with Crippen LogP contribution in [0.1, 0.15) is 33.9 Å². The molecule has 0 aromatic carbocycles. The number of aromatic nitrogens is 2. The van der Waals surface area contributed by atoms with E-state index in [9.17, 15) is 19.2 Å². The van der Waals surface area contributed by atoms with E-state index >= 15 is 0 Å². The van der Waals surface area contributed by atoms with Gasteiger partial charge in [0.25, 0.3) is 0 Å². The zero-order valence-corrected chi connectivity index (χ0v) is 29.4. The Hall–Kier alpha value is -2.46. The highest BCUT2D eigenvalue weighted by Crippen LogP contribution is 2.34. The fourth-order valence-electron chi connectivity index (χ4n) is 4.36. The third-order valence-electron chi connectivity index (χ3n) is 6.19. The summed E-state index contributed by atoms with van der Waals surface area (Å²) in [6, 6.07) is 0. The number of hydrogen-bond donors (Lipinski definition) is 1. The minimum atomic E-state index is -1.26. The molecule has 0 unspecified atom stereocenters. The van der Waals surface area contributed by atoms with E-state index < -0.39 is 54.5 Å². The maximum Gasteiger partial charge on any atom is 0.303 e. The Bertz CT molecular complexity index is 1060. The van der Waals surface area contributed by atoms with Crippen molar-refractivity contribution >= 4 is 23.9 Å². The lowest BCUT2D eigenvalue weighted by molar-refractivity contribution is -0.698. The second kappa shape index (κ2) is 24.6. The van der Waals surface area contributed by atoms with Crippen molar-refractivity contribution in [2.24, 2.45) is 0 Å². The molecule has 1 aromatic heterocycles. The molecule has 0 radical (unpaired) electrons. The van der Waals surface area contributed by atoms with Crippen LogP contribution in [0.4, 0.5) is 0 Å². The summed E-state index contributed by atoms with van der Waals surface area (Å²) in [5.41, 5.74) is 0. The molecule has 1 aliphatic rings. The lowest BCUT2D eigenvalue weighted by atomic mass is 9.97. The van der Waals surface area contributed by atoms with Crippen LogP contribution in [0.3, 0.4) is 0 Å². The van der Waals surface area contributed by atoms with Gasteiger partial charge >= 0.3 is 23.9 Å². The van der Waals surface area contributed by atoms with Gasteiger partial charge in [-0.3, -0.25) is 19.2 Å². The number of nitrogens with zero attached hydrogens (tertiary/aromatic N) is 2. The SMILES string of the molecule is CC(=O)OC[C@H]1O[C@@H](n2cc[n+](CCOCCOCCOCCOCCOCCO)c2)[C@H](OC(C)=O)[C@@H](OC(C)=O)[C@@H]1OC(C)=O.[I-]. The highest BCUT2D eigenvalue weighted by molar-refractivity contribution is 5.68. The molecule has 0 saturated carbocycles. The summed E-state index contributed by atoms with van der Waals surface area (Å²) in [7, 11) is 0. The van der Waals surface area contributed by atoms with Crippen LogP contribution in [-0.2, 0) is 73.1 Å². The summed E-state index contributed by atoms with van der Waals surface area (Å²) >= 11 is 0. The van der Waals surface area contributed by atoms with Gasteiger partial charge in [0.15, 0.2) is 12.2 Å². The molecule has 18 heteroatoms. The zero-order valence-electron chi connectivity index (χ0n) is 27.2. The smallest absolute Gasteiger partial charge is 0.303 e. The summed E-state index contributed by atoms with van der Waals surface area (Å²) in [5, 5.41) is 8.61. The third-order valence-corrected chi connectivity index (χ3v) is 6.19. The lowest BCUT2D eigenvalue weighted by Gasteiger charge is -2.42. The quantitative estimate of drug-likeness (QED) is 0.0372. The van der Waals surface area contributed by atoms with Gasteiger partial charge in [-0.25, -0.2) is 9.13 Å². The van der Waals surface area contributed by atoms with Gasteiger partial charge in [-0.05, 0) is 0 Å². The van der Waals surface area contributed by atoms with E-state index in [0.29, 0.717) is 72.6 Å². The Morgan fingerprint density at radius 2 is 1.15 bits per heavy atom. The van der Waals surface area contributed by atoms with Crippen molar-refractivity contribution < 1.29 is 100 Å². The van der Waals surface area contributed by atoms with Crippen LogP contribution < -0.4 is 28.5 Å². The molecule has 2 rings (SSSR count). The molecule has 5 atom stereocenters. The molecule has 1 saturated heterocycles. The van der Waals surface area contributed by atoms with Crippen molar-refractivity contribution in [1.29, 1.82) is 0 Å². The van der Waals surface area contributed by atoms with Crippen molar-refractivity contribution in [3.8, 4) is 0 Å². The van der Waals surface area contributed by atoms with E-state index in [-0.39, 0.29) is 37.2 Å². The number of ether oxygens (including phenoxy) is 10. The summed E-state index contributed by atoms with van der Waals surface area (Å²) in [4.78, 5) is 47.6. The summed E-state index contributed by atoms with van der Waals surface area (Å²) in [6.45, 7) is 8.89. The second-order valence-corrected chi connectivity index (χ2v) is 9.97. The van der Waals surface area contributed by atoms with E-state index in [0.717, 1.165) is 6.92 Å². The van der Waals surface area contributed by atoms with Crippen molar-refractivity contribution in [2.75, 3.05) is 79.3 Å². The lowest BCUT2D eigenvalue weighted by Crippen LogP contribution is -3.00. The van der Waals surface area contributed by atoms with Crippen molar-refractivity contribution in [3.05, 3.63) is 18.7 Å². The van der Waals surface area contributed by atoms with Crippen LogP contribution in [-0.4, -0.2) is 137 Å². The molecule has 1 aromatic rings. The predicted molar refractivity (Wildman–Crippen MR) is 153 cm³/mol. The van der Waals surface area contributed by atoms with Crippen LogP contribution in [0.25, 0.3) is 0 Å². The highest BCUT2D eigenvalue weighted by Gasteiger charge is 2.54. The monoisotopic (exact) mass is 790 g/mol. The zero-order chi connectivity index (χ0) is 33.7. The molecule has 0 spiro atoms. The first-order valence-corrected chi connectivity index (χ1v) is 15.0. The average molecular weight is 791 g/mol. The van der Waals surface area contributed by atoms with Gasteiger partial charge in [0.1, 0.15) is 31.6 Å². The van der Waals surface area contributed by atoms with E-state index in [1.807, 2.05) is 4.57 Å². The Morgan fingerprint density at radius 1 is 0.681 bits per heavy atom. The Kier molecular flexibility index (Phi) is 22.3. The molecule has 2 heterocycles. The third kappa shape index (κ3) is 17.5. The molecule has 0 aliphatic carbocycles. The van der Waals surface area contributed by atoms with Crippen molar-refractivity contribution in [2.45, 2.75) is 64.9 Å². The summed E-state index contributed by atoms with van der Waals surface area (Å²) < 4.78 is 58.1. The van der Waals surface area contributed by atoms with Gasteiger partial charge in [0.05, 0.1) is 72.7 Å². The molecule has 0 amide bonds. The molecule has 17 nitrogen and oxygen atoms in total. The maximum absolute atomic E-state index is 12.1. The van der Waals surface area contributed by atoms with Crippen molar-refractivity contribution in [3.63, 3.8) is 0 Å². The number of carbonyl (C=O) groups excluding carboxylic acids is 4. The number of imidazole rings is 1. The van der Waals surface area contributed by atoms with Gasteiger partial charge < -0.3 is 76.5 Å². The molecular formula is C29H47IN2O15. The van der Waals surface area contributed by atoms with E-state index in [2.05, 4.69) is 0 Å². The average Bonchev–Trinajstić information content (AvgIpc) is 3.46. The van der Waals surface area contributed by atoms with Gasteiger partial charge in [0, 0.05) is 27.7 Å². The highest BCUT2D eigenvalue weighted by atomic mass is 127. The minimum absolute atomic E-state index is 0. The van der Waals surface area contributed by atoms with Crippen molar-refractivity contribution in [1.82, 2.24) is 4.57 Å². The minimum Gasteiger partial charge on any atom is -1.00 e. The fourth-order valence-corrected chi connectivity index (χ4v) is 4.36. The standard InChI is InChI=1S/C29H47N2O15.HI/c1-21(33)42-19-25-26(43-22(2)34)27(44-23(3)35)28(45-24(4)36)29(46-25)31-6-5-30(20-31)7-9-37-11-13-39-15-17-41-18-16-40-14-12-38-10-8-32;/h5-6,20,25-29,32H,7-19H2,1-4H3;1H/q+1;/p-1/t25-,26-,27+,28-,29-;/m1./s1. The van der Waals surface area contributed by atoms with E-state index in [1.165, 1.54) is 20.8 Å². The van der Waals surface area contributed by atoms with Gasteiger partial charge in [-0.1, -0.05) is 0 Å². The largest absolute Gasteiger partial charge is 1.00 e. The summed E-state index contributed by atoms with van der Waals surface area (Å²) in [5.74, 6) is -2.67. The van der Waals surface area contributed by atoms with Crippen LogP contribution in [0.5, 0.6) is 0 Å². The van der Waals surface area contributed by atoms with Gasteiger partial charge in [-0.2, -0.15) is 0 Å². The van der Waals surface area contributed by atoms with Crippen LogP contribution in [0.2, 0.25) is 0 Å². The summed E-state index contributed by atoms with van der Waals surface area (Å²) in [6.07, 6.45) is -0.672. The molecule has 1 N–H and O–H groups in total. The normalized spacial score (nSPS) is 20.6. The van der Waals surface area contributed by atoms with E-state index in [1.54, 1.807) is 23.3 Å². The number of esters is 4. The topological polar surface area (TPSA) is 190 Å². The van der Waals surface area contributed by atoms with Crippen LogP contribution in [0.15, 0.2) is 18.7 Å². The number of aliphatic hydroxyl groups is 1. The van der Waals surface area contributed by atoms with Gasteiger partial charge in [-0.15, -0.1) is 0 Å². The first-order chi connectivity index (χ1) is 22.1. The molecule has 47 heavy (non-hydrogen) atoms. The molecule has 1 aliphatic heterocycles. The first kappa shape index (κ1) is 42.6. The van der Waals surface area contributed by atoms with Gasteiger partial charge in [0.2, 0.25) is 18.7 Å². The molecule has 0 bridgehead atoms. The predicted octanol–water partition coefficient (Wildman–Crippen LogP) is -3.89. The fraction of sp³-hybridized carbons (Fsp3) is 0.759. The first-order valence-electron chi connectivity index (χ1n) is 15.0. The maximum atomic E-state index is 12.1. The number of aliphatic hydroxyl groups excluding tert-OH is 1. The number of halogens is 1. The Balaban J connectivity index is 0.0000110. The Morgan fingerprint density at radius 3 is 1.64 bits per heavy atom. The molecule has 1 fully saturated rings. The van der Waals surface area contributed by atoms with Crippen LogP contribution in [0, 0.1) is 0 Å². The second-order valence-electron chi connectivity index (χ2n) is 9.97. The molecule has 270 valence electrons. The molecular weight excluding hydrogens is 743 g/mol. The number of rotatable bonds is 23. The van der Waals surface area contributed by atoms with E-state index in [4.69, 9.17) is 52.5 Å². The number of carbonyl (C=O) groups is 4. The number of hydrogen-bond acceptors (Lipinski definition) is 15. The van der Waals surface area contributed by atoms with Crippen LogP contribution >= 0.6 is 0 Å². The Labute approximate surface area is 290 Å².